The van der Waals surface area contributed by atoms with Gasteiger partial charge in [0.2, 0.25) is 5.91 Å². The normalized spacial score (nSPS) is 30.9. The Balaban J connectivity index is 1.75. The Labute approximate surface area is 123 Å². The van der Waals surface area contributed by atoms with Crippen molar-refractivity contribution in [2.45, 2.75) is 37.8 Å². The highest BCUT2D eigenvalue weighted by Crippen LogP contribution is 2.35. The van der Waals surface area contributed by atoms with Crippen LogP contribution in [0, 0.1) is 11.8 Å². The Morgan fingerprint density at radius 3 is 2.62 bits per heavy atom. The fourth-order valence-corrected chi connectivity index (χ4v) is 3.58. The molecule has 0 saturated heterocycles. The number of nitrogens with one attached hydrogen (secondary N) is 1. The second-order valence-electron chi connectivity index (χ2n) is 5.94. The number of carbonyl (C=O) groups is 2. The summed E-state index contributed by atoms with van der Waals surface area (Å²) in [4.78, 5) is 23.6. The molecule has 1 saturated carbocycles. The predicted molar refractivity (Wildman–Crippen MR) is 75.5 cm³/mol. The third-order valence-electron chi connectivity index (χ3n) is 4.67. The van der Waals surface area contributed by atoms with Gasteiger partial charge in [-0.05, 0) is 24.0 Å². The largest absolute Gasteiger partial charge is 0.481 e. The van der Waals surface area contributed by atoms with Crippen LogP contribution in [0.4, 0.5) is 0 Å². The van der Waals surface area contributed by atoms with Gasteiger partial charge in [-0.2, -0.15) is 0 Å². The first-order valence-corrected chi connectivity index (χ1v) is 7.37. The number of aliphatic carboxylic acids is 1. The number of aliphatic hydroxyl groups is 1. The molecule has 3 N–H and O–H groups in total. The minimum Gasteiger partial charge on any atom is -0.481 e. The molecule has 0 heterocycles. The van der Waals surface area contributed by atoms with E-state index in [4.69, 9.17) is 0 Å². The van der Waals surface area contributed by atoms with Crippen molar-refractivity contribution in [2.75, 3.05) is 0 Å². The predicted octanol–water partition coefficient (Wildman–Crippen LogP) is 1.26. The summed E-state index contributed by atoms with van der Waals surface area (Å²) >= 11 is 0. The van der Waals surface area contributed by atoms with E-state index in [0.29, 0.717) is 19.3 Å². The average molecular weight is 289 g/mol. The topological polar surface area (TPSA) is 86.6 Å². The molecule has 5 nitrogen and oxygen atoms in total. The molecule has 2 aliphatic rings. The number of aliphatic hydroxyl groups excluding tert-OH is 1. The smallest absolute Gasteiger partial charge is 0.307 e. The molecule has 1 aromatic carbocycles. The van der Waals surface area contributed by atoms with Gasteiger partial charge in [0.1, 0.15) is 0 Å². The first-order chi connectivity index (χ1) is 10.1. The van der Waals surface area contributed by atoms with Crippen molar-refractivity contribution in [1.29, 1.82) is 0 Å². The second kappa shape index (κ2) is 5.48. The zero-order chi connectivity index (χ0) is 15.0. The molecule has 1 fully saturated rings. The molecule has 5 heteroatoms. The highest BCUT2D eigenvalue weighted by atomic mass is 16.4. The van der Waals surface area contributed by atoms with Crippen LogP contribution in [0.25, 0.3) is 0 Å². The molecule has 0 aromatic heterocycles. The molecule has 112 valence electrons. The van der Waals surface area contributed by atoms with Crippen molar-refractivity contribution in [3.05, 3.63) is 35.4 Å². The Morgan fingerprint density at radius 2 is 1.86 bits per heavy atom. The molecular formula is C16H19NO4. The van der Waals surface area contributed by atoms with E-state index >= 15 is 0 Å². The van der Waals surface area contributed by atoms with Gasteiger partial charge in [0.05, 0.1) is 24.0 Å². The molecule has 1 amide bonds. The molecular weight excluding hydrogens is 270 g/mol. The first-order valence-electron chi connectivity index (χ1n) is 7.37. The van der Waals surface area contributed by atoms with Gasteiger partial charge < -0.3 is 15.5 Å². The van der Waals surface area contributed by atoms with E-state index in [1.165, 1.54) is 0 Å². The van der Waals surface area contributed by atoms with Crippen LogP contribution in [0.2, 0.25) is 0 Å². The van der Waals surface area contributed by atoms with E-state index < -0.39 is 30.0 Å². The summed E-state index contributed by atoms with van der Waals surface area (Å²) in [6.07, 6.45) is 1.80. The Morgan fingerprint density at radius 1 is 1.14 bits per heavy atom. The average Bonchev–Trinajstić information content (AvgIpc) is 3.04. The van der Waals surface area contributed by atoms with Crippen LogP contribution in [0.5, 0.6) is 0 Å². The highest BCUT2D eigenvalue weighted by molar-refractivity contribution is 5.85. The van der Waals surface area contributed by atoms with Gasteiger partial charge in [-0.3, -0.25) is 9.59 Å². The molecule has 0 bridgehead atoms. The zero-order valence-electron chi connectivity index (χ0n) is 11.7. The summed E-state index contributed by atoms with van der Waals surface area (Å²) in [5.74, 6) is -2.23. The number of hydrogen-bond acceptors (Lipinski definition) is 3. The molecule has 2 aliphatic carbocycles. The van der Waals surface area contributed by atoms with E-state index in [9.17, 15) is 19.8 Å². The van der Waals surface area contributed by atoms with Crippen LogP contribution in [0.3, 0.4) is 0 Å². The zero-order valence-corrected chi connectivity index (χ0v) is 11.7. The summed E-state index contributed by atoms with van der Waals surface area (Å²) < 4.78 is 0. The van der Waals surface area contributed by atoms with Crippen LogP contribution >= 0.6 is 0 Å². The van der Waals surface area contributed by atoms with Crippen molar-refractivity contribution in [1.82, 2.24) is 5.32 Å². The molecule has 4 atom stereocenters. The third-order valence-corrected chi connectivity index (χ3v) is 4.67. The lowest BCUT2D eigenvalue weighted by atomic mass is 9.94. The molecule has 0 spiro atoms. The molecule has 0 aliphatic heterocycles. The number of hydrogen-bond donors (Lipinski definition) is 3. The number of benzene rings is 1. The molecule has 1 aromatic rings. The Hall–Kier alpha value is -1.88. The maximum absolute atomic E-state index is 12.4. The van der Waals surface area contributed by atoms with Crippen molar-refractivity contribution in [2.24, 2.45) is 11.8 Å². The second-order valence-corrected chi connectivity index (χ2v) is 5.94. The highest BCUT2D eigenvalue weighted by Gasteiger charge is 2.40. The summed E-state index contributed by atoms with van der Waals surface area (Å²) in [6, 6.07) is 7.21. The van der Waals surface area contributed by atoms with E-state index in [0.717, 1.165) is 17.5 Å². The lowest BCUT2D eigenvalue weighted by Crippen LogP contribution is -2.40. The number of amides is 1. The van der Waals surface area contributed by atoms with Crippen molar-refractivity contribution < 1.29 is 19.8 Å². The number of carboxylic acid groups (broad SMARTS) is 1. The maximum atomic E-state index is 12.4. The van der Waals surface area contributed by atoms with Crippen molar-refractivity contribution in [3.63, 3.8) is 0 Å². The van der Waals surface area contributed by atoms with E-state index in [2.05, 4.69) is 5.32 Å². The van der Waals surface area contributed by atoms with E-state index in [1.807, 2.05) is 24.3 Å². The van der Waals surface area contributed by atoms with Gasteiger partial charge in [0, 0.05) is 6.42 Å². The van der Waals surface area contributed by atoms with Crippen LogP contribution in [-0.2, 0) is 16.0 Å². The van der Waals surface area contributed by atoms with Crippen LogP contribution in [0.15, 0.2) is 24.3 Å². The van der Waals surface area contributed by atoms with E-state index in [1.54, 1.807) is 0 Å². The summed E-state index contributed by atoms with van der Waals surface area (Å²) in [7, 11) is 0. The SMILES string of the molecule is O=C(O)C1CCCC1C(=O)N[C@@H]1c2ccccc2C[C@@H]1O. The monoisotopic (exact) mass is 289 g/mol. The number of rotatable bonds is 3. The fourth-order valence-electron chi connectivity index (χ4n) is 3.58. The quantitative estimate of drug-likeness (QED) is 0.782. The van der Waals surface area contributed by atoms with Gasteiger partial charge >= 0.3 is 5.97 Å². The van der Waals surface area contributed by atoms with Gasteiger partial charge in [-0.15, -0.1) is 0 Å². The number of carbonyl (C=O) groups excluding carboxylic acids is 1. The lowest BCUT2D eigenvalue weighted by molar-refractivity contribution is -0.146. The minimum absolute atomic E-state index is 0.249. The molecule has 2 unspecified atom stereocenters. The summed E-state index contributed by atoms with van der Waals surface area (Å²) in [5, 5.41) is 22.2. The van der Waals surface area contributed by atoms with Crippen molar-refractivity contribution >= 4 is 11.9 Å². The number of carboxylic acids is 1. The Kier molecular flexibility index (Phi) is 3.68. The first kappa shape index (κ1) is 14.1. The van der Waals surface area contributed by atoms with Gasteiger partial charge in [-0.1, -0.05) is 30.7 Å². The van der Waals surface area contributed by atoms with Crippen LogP contribution in [0.1, 0.15) is 36.4 Å². The third kappa shape index (κ3) is 2.53. The van der Waals surface area contributed by atoms with Gasteiger partial charge in [0.15, 0.2) is 0 Å². The van der Waals surface area contributed by atoms with Crippen LogP contribution in [-0.4, -0.2) is 28.2 Å². The van der Waals surface area contributed by atoms with Gasteiger partial charge in [0.25, 0.3) is 0 Å². The maximum Gasteiger partial charge on any atom is 0.307 e. The molecule has 0 radical (unpaired) electrons. The minimum atomic E-state index is -0.903. The molecule has 21 heavy (non-hydrogen) atoms. The lowest BCUT2D eigenvalue weighted by Gasteiger charge is -2.22. The Bertz CT molecular complexity index is 571. The fraction of sp³-hybridized carbons (Fsp3) is 0.500. The molecule has 3 rings (SSSR count). The number of fused-ring (bicyclic) bond motifs is 1. The van der Waals surface area contributed by atoms with E-state index in [-0.39, 0.29) is 5.91 Å². The van der Waals surface area contributed by atoms with Crippen LogP contribution < -0.4 is 5.32 Å². The van der Waals surface area contributed by atoms with Crippen molar-refractivity contribution in [3.8, 4) is 0 Å². The summed E-state index contributed by atoms with van der Waals surface area (Å²) in [6.45, 7) is 0. The van der Waals surface area contributed by atoms with Gasteiger partial charge in [-0.25, -0.2) is 0 Å². The standard InChI is InChI=1S/C16H19NO4/c18-13-8-9-4-1-2-5-10(9)14(13)17-15(19)11-6-3-7-12(11)16(20)21/h1-2,4-5,11-14,18H,3,6-8H2,(H,17,19)(H,20,21)/t11?,12?,13-,14+/m0/s1. The summed E-state index contributed by atoms with van der Waals surface area (Å²) in [5.41, 5.74) is 1.97.